The summed E-state index contributed by atoms with van der Waals surface area (Å²) in [4.78, 5) is 2.78. The molecule has 3 atom stereocenters. The average Bonchev–Trinajstić information content (AvgIpc) is 2.23. The van der Waals surface area contributed by atoms with Crippen LogP contribution in [0.2, 0.25) is 0 Å². The largest absolute Gasteiger partial charge is 0.297 e. The number of hydrogen-bond donors (Lipinski definition) is 0. The van der Waals surface area contributed by atoms with E-state index in [0.717, 1.165) is 18.0 Å². The number of nitrogens with zero attached hydrogens (tertiary/aromatic N) is 1. The van der Waals surface area contributed by atoms with Crippen molar-refractivity contribution in [3.8, 4) is 0 Å². The van der Waals surface area contributed by atoms with Crippen molar-refractivity contribution >= 4 is 0 Å². The van der Waals surface area contributed by atoms with E-state index in [1.165, 1.54) is 45.1 Å². The van der Waals surface area contributed by atoms with Crippen LogP contribution in [0.3, 0.4) is 0 Å². The van der Waals surface area contributed by atoms with Gasteiger partial charge >= 0.3 is 0 Å². The highest BCUT2D eigenvalue weighted by atomic mass is 15.2. The summed E-state index contributed by atoms with van der Waals surface area (Å²) >= 11 is 0. The molecule has 0 amide bonds. The maximum atomic E-state index is 3.88. The van der Waals surface area contributed by atoms with Gasteiger partial charge in [-0.15, -0.1) is 6.58 Å². The predicted octanol–water partition coefficient (Wildman–Crippen LogP) is 3.22. The van der Waals surface area contributed by atoms with Gasteiger partial charge in [-0.3, -0.25) is 4.90 Å². The summed E-state index contributed by atoms with van der Waals surface area (Å²) in [6.45, 7) is 7.66. The van der Waals surface area contributed by atoms with Crippen LogP contribution in [0.15, 0.2) is 12.7 Å². The molecule has 14 heavy (non-hydrogen) atoms. The van der Waals surface area contributed by atoms with E-state index >= 15 is 0 Å². The molecule has 3 unspecified atom stereocenters. The Morgan fingerprint density at radius 1 is 1.29 bits per heavy atom. The summed E-state index contributed by atoms with van der Waals surface area (Å²) in [5.74, 6) is 0.927. The van der Waals surface area contributed by atoms with Crippen LogP contribution in [-0.4, -0.2) is 23.5 Å². The van der Waals surface area contributed by atoms with E-state index < -0.39 is 0 Å². The van der Waals surface area contributed by atoms with Gasteiger partial charge < -0.3 is 0 Å². The van der Waals surface area contributed by atoms with Crippen LogP contribution in [0.1, 0.15) is 45.4 Å². The number of rotatable bonds is 2. The molecule has 0 bridgehead atoms. The molecule has 2 aliphatic heterocycles. The van der Waals surface area contributed by atoms with Gasteiger partial charge in [-0.1, -0.05) is 19.4 Å². The molecule has 0 saturated carbocycles. The molecule has 0 N–H and O–H groups in total. The number of piperidine rings is 2. The minimum absolute atomic E-state index is 0.814. The third-order valence-corrected chi connectivity index (χ3v) is 4.11. The Balaban J connectivity index is 2.04. The van der Waals surface area contributed by atoms with E-state index in [-0.39, 0.29) is 0 Å². The Morgan fingerprint density at radius 3 is 2.93 bits per heavy atom. The molecular formula is C13H23N. The number of hydrogen-bond acceptors (Lipinski definition) is 1. The molecule has 0 aliphatic carbocycles. The van der Waals surface area contributed by atoms with E-state index in [1.807, 2.05) is 0 Å². The fourth-order valence-electron chi connectivity index (χ4n) is 3.30. The highest BCUT2D eigenvalue weighted by Gasteiger charge is 2.35. The molecule has 2 heterocycles. The minimum atomic E-state index is 0.814. The maximum Gasteiger partial charge on any atom is 0.0133 e. The summed E-state index contributed by atoms with van der Waals surface area (Å²) in [6, 6.07) is 1.71. The first kappa shape index (κ1) is 10.2. The van der Waals surface area contributed by atoms with Gasteiger partial charge in [0, 0.05) is 12.1 Å². The summed E-state index contributed by atoms with van der Waals surface area (Å²) in [6.07, 6.45) is 10.4. The summed E-state index contributed by atoms with van der Waals surface area (Å²) in [5.41, 5.74) is 0. The first-order chi connectivity index (χ1) is 6.83. The van der Waals surface area contributed by atoms with Crippen LogP contribution < -0.4 is 0 Å². The fraction of sp³-hybridized carbons (Fsp3) is 0.846. The molecule has 1 heteroatoms. The lowest BCUT2D eigenvalue weighted by Gasteiger charge is -2.48. The Bertz CT molecular complexity index is 199. The van der Waals surface area contributed by atoms with E-state index in [1.54, 1.807) is 0 Å². The number of fused-ring (bicyclic) bond motifs is 1. The van der Waals surface area contributed by atoms with Crippen molar-refractivity contribution in [2.45, 2.75) is 57.5 Å². The molecule has 2 aliphatic rings. The van der Waals surface area contributed by atoms with Crippen LogP contribution in [0.25, 0.3) is 0 Å². The quantitative estimate of drug-likeness (QED) is 0.609. The lowest BCUT2D eigenvalue weighted by atomic mass is 9.81. The van der Waals surface area contributed by atoms with Crippen LogP contribution >= 0.6 is 0 Å². The molecule has 0 radical (unpaired) electrons. The Kier molecular flexibility index (Phi) is 3.27. The van der Waals surface area contributed by atoms with E-state index in [2.05, 4.69) is 24.5 Å². The molecule has 0 aromatic carbocycles. The molecule has 0 spiro atoms. The lowest BCUT2D eigenvalue weighted by molar-refractivity contribution is 0.0193. The Labute approximate surface area is 88.2 Å². The lowest BCUT2D eigenvalue weighted by Crippen LogP contribution is -2.52. The fourth-order valence-corrected chi connectivity index (χ4v) is 3.30. The third-order valence-electron chi connectivity index (χ3n) is 4.11. The van der Waals surface area contributed by atoms with Crippen molar-refractivity contribution in [1.82, 2.24) is 4.90 Å². The second-order valence-electron chi connectivity index (χ2n) is 5.03. The van der Waals surface area contributed by atoms with Gasteiger partial charge in [0.05, 0.1) is 0 Å². The van der Waals surface area contributed by atoms with Crippen molar-refractivity contribution in [2.75, 3.05) is 6.54 Å². The van der Waals surface area contributed by atoms with Gasteiger partial charge in [0.1, 0.15) is 0 Å². The first-order valence-electron chi connectivity index (χ1n) is 6.19. The van der Waals surface area contributed by atoms with Crippen LogP contribution in [0, 0.1) is 5.92 Å². The summed E-state index contributed by atoms with van der Waals surface area (Å²) < 4.78 is 0. The van der Waals surface area contributed by atoms with Crippen molar-refractivity contribution in [3.63, 3.8) is 0 Å². The first-order valence-corrected chi connectivity index (χ1v) is 6.19. The zero-order valence-corrected chi connectivity index (χ0v) is 9.41. The van der Waals surface area contributed by atoms with Gasteiger partial charge in [0.25, 0.3) is 0 Å². The third kappa shape index (κ3) is 1.88. The zero-order chi connectivity index (χ0) is 9.97. The highest BCUT2D eigenvalue weighted by molar-refractivity contribution is 4.93. The van der Waals surface area contributed by atoms with E-state index in [0.29, 0.717) is 0 Å². The van der Waals surface area contributed by atoms with E-state index in [9.17, 15) is 0 Å². The van der Waals surface area contributed by atoms with Gasteiger partial charge in [-0.25, -0.2) is 0 Å². The molecule has 0 aromatic rings. The van der Waals surface area contributed by atoms with E-state index in [4.69, 9.17) is 0 Å². The summed E-state index contributed by atoms with van der Waals surface area (Å²) in [5, 5.41) is 0. The second-order valence-corrected chi connectivity index (χ2v) is 5.03. The Morgan fingerprint density at radius 2 is 2.14 bits per heavy atom. The second kappa shape index (κ2) is 4.48. The maximum absolute atomic E-state index is 3.88. The average molecular weight is 193 g/mol. The smallest absolute Gasteiger partial charge is 0.0133 e. The van der Waals surface area contributed by atoms with Gasteiger partial charge in [0.15, 0.2) is 0 Å². The molecule has 2 saturated heterocycles. The van der Waals surface area contributed by atoms with Crippen molar-refractivity contribution in [1.29, 1.82) is 0 Å². The van der Waals surface area contributed by atoms with Gasteiger partial charge in [0.2, 0.25) is 0 Å². The van der Waals surface area contributed by atoms with Crippen LogP contribution in [0.5, 0.6) is 0 Å². The minimum Gasteiger partial charge on any atom is -0.297 e. The summed E-state index contributed by atoms with van der Waals surface area (Å²) in [7, 11) is 0. The predicted molar refractivity (Wildman–Crippen MR) is 61.3 cm³/mol. The normalized spacial score (nSPS) is 39.1. The van der Waals surface area contributed by atoms with Crippen molar-refractivity contribution < 1.29 is 0 Å². The molecule has 2 fully saturated rings. The van der Waals surface area contributed by atoms with Gasteiger partial charge in [-0.05, 0) is 44.6 Å². The molecule has 1 nitrogen and oxygen atoms in total. The monoisotopic (exact) mass is 193 g/mol. The van der Waals surface area contributed by atoms with Crippen molar-refractivity contribution in [2.24, 2.45) is 5.92 Å². The van der Waals surface area contributed by atoms with Crippen molar-refractivity contribution in [3.05, 3.63) is 12.7 Å². The molecule has 2 rings (SSSR count). The molecule has 80 valence electrons. The standard InChI is InChI=1S/C13H23N/c1-3-6-12-9-8-11(2)13-7-4-5-10-14(12)13/h3,11-13H,1,4-10H2,2H3. The topological polar surface area (TPSA) is 3.24 Å². The zero-order valence-electron chi connectivity index (χ0n) is 9.41. The van der Waals surface area contributed by atoms with Gasteiger partial charge in [-0.2, -0.15) is 0 Å². The Hall–Kier alpha value is -0.300. The SMILES string of the molecule is C=CCC1CCC(C)C2CCCCN12. The van der Waals surface area contributed by atoms with Crippen LogP contribution in [-0.2, 0) is 0 Å². The molecular weight excluding hydrogens is 170 g/mol. The van der Waals surface area contributed by atoms with Crippen LogP contribution in [0.4, 0.5) is 0 Å². The molecule has 0 aromatic heterocycles. The highest BCUT2D eigenvalue weighted by Crippen LogP contribution is 2.35.